The Kier molecular flexibility index (Phi) is 4.28. The van der Waals surface area contributed by atoms with Crippen LogP contribution in [-0.2, 0) is 13.1 Å². The highest BCUT2D eigenvalue weighted by atomic mass is 32.1. The molecule has 2 aromatic heterocycles. The van der Waals surface area contributed by atoms with Crippen molar-refractivity contribution in [1.82, 2.24) is 15.3 Å². The van der Waals surface area contributed by atoms with Gasteiger partial charge in [-0.25, -0.2) is 9.97 Å². The molecule has 5 heteroatoms. The summed E-state index contributed by atoms with van der Waals surface area (Å²) in [6.45, 7) is 5.65. The summed E-state index contributed by atoms with van der Waals surface area (Å²) in [5.74, 6) is 0.683. The Morgan fingerprint density at radius 2 is 2.17 bits per heavy atom. The SMILES string of the molecule is COc1ncccc1CNCc1sc(C)nc1C. The third kappa shape index (κ3) is 3.05. The number of hydrogen-bond acceptors (Lipinski definition) is 5. The molecule has 4 nitrogen and oxygen atoms in total. The fourth-order valence-corrected chi connectivity index (χ4v) is 2.70. The molecule has 1 N–H and O–H groups in total. The van der Waals surface area contributed by atoms with Gasteiger partial charge in [0.15, 0.2) is 0 Å². The molecule has 0 aromatic carbocycles. The third-order valence-corrected chi connectivity index (χ3v) is 3.72. The molecule has 2 aromatic rings. The number of ether oxygens (including phenoxy) is 1. The summed E-state index contributed by atoms with van der Waals surface area (Å²) in [4.78, 5) is 9.87. The number of thiazole rings is 1. The van der Waals surface area contributed by atoms with Gasteiger partial charge in [-0.3, -0.25) is 0 Å². The highest BCUT2D eigenvalue weighted by molar-refractivity contribution is 7.11. The quantitative estimate of drug-likeness (QED) is 0.900. The Morgan fingerprint density at radius 3 is 2.83 bits per heavy atom. The second kappa shape index (κ2) is 5.93. The van der Waals surface area contributed by atoms with Crippen LogP contribution in [0.2, 0.25) is 0 Å². The minimum absolute atomic E-state index is 0.683. The van der Waals surface area contributed by atoms with Crippen LogP contribution in [0.25, 0.3) is 0 Å². The van der Waals surface area contributed by atoms with E-state index in [1.807, 2.05) is 26.0 Å². The van der Waals surface area contributed by atoms with Crippen molar-refractivity contribution in [3.63, 3.8) is 0 Å². The Balaban J connectivity index is 1.94. The first-order valence-electron chi connectivity index (χ1n) is 5.82. The van der Waals surface area contributed by atoms with Gasteiger partial charge in [-0.1, -0.05) is 6.07 Å². The maximum absolute atomic E-state index is 5.22. The van der Waals surface area contributed by atoms with Crippen LogP contribution in [0.4, 0.5) is 0 Å². The summed E-state index contributed by atoms with van der Waals surface area (Å²) >= 11 is 1.74. The van der Waals surface area contributed by atoms with Crippen molar-refractivity contribution in [2.45, 2.75) is 26.9 Å². The van der Waals surface area contributed by atoms with E-state index in [9.17, 15) is 0 Å². The predicted octanol–water partition coefficient (Wildman–Crippen LogP) is 2.45. The zero-order valence-corrected chi connectivity index (χ0v) is 11.7. The average molecular weight is 263 g/mol. The van der Waals surface area contributed by atoms with E-state index >= 15 is 0 Å². The van der Waals surface area contributed by atoms with Gasteiger partial charge in [0.1, 0.15) is 0 Å². The molecule has 2 heterocycles. The van der Waals surface area contributed by atoms with E-state index in [4.69, 9.17) is 4.74 Å². The van der Waals surface area contributed by atoms with Gasteiger partial charge in [0, 0.05) is 29.7 Å². The maximum Gasteiger partial charge on any atom is 0.217 e. The van der Waals surface area contributed by atoms with Gasteiger partial charge in [-0.2, -0.15) is 0 Å². The topological polar surface area (TPSA) is 47.0 Å². The molecule has 0 saturated heterocycles. The van der Waals surface area contributed by atoms with E-state index in [2.05, 4.69) is 15.3 Å². The average Bonchev–Trinajstić information content (AvgIpc) is 2.68. The molecule has 0 amide bonds. The molecule has 18 heavy (non-hydrogen) atoms. The van der Waals surface area contributed by atoms with Gasteiger partial charge in [-0.05, 0) is 19.9 Å². The first kappa shape index (κ1) is 13.0. The molecule has 0 aliphatic rings. The number of rotatable bonds is 5. The summed E-state index contributed by atoms with van der Waals surface area (Å²) in [5, 5.41) is 4.51. The van der Waals surface area contributed by atoms with Gasteiger partial charge in [-0.15, -0.1) is 11.3 Å². The van der Waals surface area contributed by atoms with Crippen molar-refractivity contribution in [2.75, 3.05) is 7.11 Å². The second-order valence-electron chi connectivity index (χ2n) is 4.02. The largest absolute Gasteiger partial charge is 0.481 e. The summed E-state index contributed by atoms with van der Waals surface area (Å²) in [6, 6.07) is 3.94. The lowest BCUT2D eigenvalue weighted by Crippen LogP contribution is -2.13. The lowest BCUT2D eigenvalue weighted by atomic mass is 10.2. The molecule has 0 unspecified atom stereocenters. The number of pyridine rings is 1. The number of nitrogens with one attached hydrogen (secondary N) is 1. The molecular formula is C13H17N3OS. The minimum Gasteiger partial charge on any atom is -0.481 e. The van der Waals surface area contributed by atoms with Crippen LogP contribution in [0, 0.1) is 13.8 Å². The van der Waals surface area contributed by atoms with E-state index in [0.29, 0.717) is 5.88 Å². The van der Waals surface area contributed by atoms with Gasteiger partial charge in [0.05, 0.1) is 17.8 Å². The van der Waals surface area contributed by atoms with Crippen LogP contribution >= 0.6 is 11.3 Å². The van der Waals surface area contributed by atoms with Crippen molar-refractivity contribution < 1.29 is 4.74 Å². The van der Waals surface area contributed by atoms with Crippen molar-refractivity contribution in [3.05, 3.63) is 39.5 Å². The molecule has 0 radical (unpaired) electrons. The fourth-order valence-electron chi connectivity index (χ4n) is 1.79. The number of methoxy groups -OCH3 is 1. The third-order valence-electron chi connectivity index (χ3n) is 2.64. The fraction of sp³-hybridized carbons (Fsp3) is 0.385. The zero-order chi connectivity index (χ0) is 13.0. The van der Waals surface area contributed by atoms with Crippen molar-refractivity contribution in [3.8, 4) is 5.88 Å². The van der Waals surface area contributed by atoms with Gasteiger partial charge in [0.2, 0.25) is 5.88 Å². The molecule has 0 bridgehead atoms. The van der Waals surface area contributed by atoms with Crippen molar-refractivity contribution >= 4 is 11.3 Å². The van der Waals surface area contributed by atoms with E-state index in [-0.39, 0.29) is 0 Å². The zero-order valence-electron chi connectivity index (χ0n) is 10.9. The first-order valence-corrected chi connectivity index (χ1v) is 6.64. The molecule has 0 saturated carbocycles. The van der Waals surface area contributed by atoms with Crippen LogP contribution in [0.1, 0.15) is 21.1 Å². The van der Waals surface area contributed by atoms with Gasteiger partial charge >= 0.3 is 0 Å². The van der Waals surface area contributed by atoms with Crippen LogP contribution < -0.4 is 10.1 Å². The lowest BCUT2D eigenvalue weighted by Gasteiger charge is -2.07. The lowest BCUT2D eigenvalue weighted by molar-refractivity contribution is 0.390. The Labute approximate surface area is 111 Å². The Bertz CT molecular complexity index is 525. The van der Waals surface area contributed by atoms with Crippen LogP contribution in [-0.4, -0.2) is 17.1 Å². The van der Waals surface area contributed by atoms with E-state index in [0.717, 1.165) is 29.4 Å². The summed E-state index contributed by atoms with van der Waals surface area (Å²) < 4.78 is 5.22. The smallest absolute Gasteiger partial charge is 0.217 e. The van der Waals surface area contributed by atoms with E-state index in [1.165, 1.54) is 4.88 Å². The van der Waals surface area contributed by atoms with Crippen molar-refractivity contribution in [1.29, 1.82) is 0 Å². The number of hydrogen-bond donors (Lipinski definition) is 1. The van der Waals surface area contributed by atoms with Crippen LogP contribution in [0.5, 0.6) is 5.88 Å². The molecule has 0 aliphatic heterocycles. The molecule has 96 valence electrons. The monoisotopic (exact) mass is 263 g/mol. The summed E-state index contributed by atoms with van der Waals surface area (Å²) in [7, 11) is 1.64. The number of aryl methyl sites for hydroxylation is 2. The highest BCUT2D eigenvalue weighted by Gasteiger charge is 2.06. The predicted molar refractivity (Wildman–Crippen MR) is 72.9 cm³/mol. The van der Waals surface area contributed by atoms with E-state index in [1.54, 1.807) is 24.6 Å². The van der Waals surface area contributed by atoms with Crippen molar-refractivity contribution in [2.24, 2.45) is 0 Å². The van der Waals surface area contributed by atoms with E-state index < -0.39 is 0 Å². The highest BCUT2D eigenvalue weighted by Crippen LogP contribution is 2.17. The van der Waals surface area contributed by atoms with Crippen LogP contribution in [0.3, 0.4) is 0 Å². The Morgan fingerprint density at radius 1 is 1.33 bits per heavy atom. The summed E-state index contributed by atoms with van der Waals surface area (Å²) in [6.07, 6.45) is 1.74. The Hall–Kier alpha value is -1.46. The van der Waals surface area contributed by atoms with Gasteiger partial charge < -0.3 is 10.1 Å². The van der Waals surface area contributed by atoms with Gasteiger partial charge in [0.25, 0.3) is 0 Å². The molecule has 0 atom stereocenters. The first-order chi connectivity index (χ1) is 8.70. The number of nitrogens with zero attached hydrogens (tertiary/aromatic N) is 2. The standard InChI is InChI=1S/C13H17N3OS/c1-9-12(18-10(2)16-9)8-14-7-11-5-4-6-15-13(11)17-3/h4-6,14H,7-8H2,1-3H3. The normalized spacial score (nSPS) is 10.6. The molecule has 0 aliphatic carbocycles. The minimum atomic E-state index is 0.683. The molecule has 0 fully saturated rings. The number of aromatic nitrogens is 2. The molecule has 2 rings (SSSR count). The molecular weight excluding hydrogens is 246 g/mol. The maximum atomic E-state index is 5.22. The molecule has 0 spiro atoms. The second-order valence-corrected chi connectivity index (χ2v) is 5.30. The van der Waals surface area contributed by atoms with Crippen LogP contribution in [0.15, 0.2) is 18.3 Å². The summed E-state index contributed by atoms with van der Waals surface area (Å²) in [5.41, 5.74) is 2.18.